The van der Waals surface area contributed by atoms with Crippen LogP contribution in [0, 0.1) is 5.82 Å². The van der Waals surface area contributed by atoms with Crippen LogP contribution in [0.5, 0.6) is 0 Å². The molecule has 0 unspecified atom stereocenters. The van der Waals surface area contributed by atoms with Gasteiger partial charge in [-0.05, 0) is 42.8 Å². The molecule has 3 rings (SSSR count). The van der Waals surface area contributed by atoms with Crippen molar-refractivity contribution in [2.45, 2.75) is 19.9 Å². The van der Waals surface area contributed by atoms with Gasteiger partial charge in [0.1, 0.15) is 11.6 Å². The lowest BCUT2D eigenvalue weighted by atomic mass is 10.1. The first-order chi connectivity index (χ1) is 10.1. The molecule has 0 aliphatic carbocycles. The predicted molar refractivity (Wildman–Crippen MR) is 84.8 cm³/mol. The van der Waals surface area contributed by atoms with Crippen LogP contribution in [-0.2, 0) is 6.54 Å². The van der Waals surface area contributed by atoms with Gasteiger partial charge in [-0.1, -0.05) is 18.5 Å². The Morgan fingerprint density at radius 1 is 1.24 bits per heavy atom. The molecule has 5 heteroatoms. The number of aromatic nitrogens is 2. The van der Waals surface area contributed by atoms with E-state index in [2.05, 4.69) is 16.5 Å². The summed E-state index contributed by atoms with van der Waals surface area (Å²) in [6, 6.07) is 9.96. The average molecular weight is 304 g/mol. The van der Waals surface area contributed by atoms with Gasteiger partial charge in [-0.15, -0.1) is 0 Å². The van der Waals surface area contributed by atoms with Crippen LogP contribution < -0.4 is 5.73 Å². The molecule has 0 amide bonds. The normalized spacial score (nSPS) is 11.2. The number of halogens is 2. The summed E-state index contributed by atoms with van der Waals surface area (Å²) in [5, 5.41) is 0.665. The topological polar surface area (TPSA) is 43.8 Å². The predicted octanol–water partition coefficient (Wildman–Crippen LogP) is 4.49. The molecule has 0 saturated carbocycles. The van der Waals surface area contributed by atoms with Crippen LogP contribution in [0.1, 0.15) is 13.3 Å². The van der Waals surface area contributed by atoms with Crippen LogP contribution in [0.15, 0.2) is 36.4 Å². The monoisotopic (exact) mass is 303 g/mol. The molecule has 108 valence electrons. The highest BCUT2D eigenvalue weighted by atomic mass is 35.5. The number of anilines is 1. The Morgan fingerprint density at radius 2 is 2.05 bits per heavy atom. The zero-order valence-electron chi connectivity index (χ0n) is 11.6. The fourth-order valence-corrected chi connectivity index (χ4v) is 2.66. The fourth-order valence-electron chi connectivity index (χ4n) is 2.49. The number of benzene rings is 2. The first-order valence-corrected chi connectivity index (χ1v) is 7.19. The minimum Gasteiger partial charge on any atom is -0.398 e. The van der Waals surface area contributed by atoms with Gasteiger partial charge < -0.3 is 10.3 Å². The van der Waals surface area contributed by atoms with Crippen molar-refractivity contribution in [3.63, 3.8) is 0 Å². The summed E-state index contributed by atoms with van der Waals surface area (Å²) in [4.78, 5) is 4.64. The highest BCUT2D eigenvalue weighted by molar-refractivity contribution is 6.31. The van der Waals surface area contributed by atoms with Gasteiger partial charge in [-0.3, -0.25) is 0 Å². The highest BCUT2D eigenvalue weighted by Gasteiger charge is 2.15. The first kappa shape index (κ1) is 13.9. The van der Waals surface area contributed by atoms with Crippen molar-refractivity contribution in [1.82, 2.24) is 9.55 Å². The summed E-state index contributed by atoms with van der Waals surface area (Å²) >= 11 is 6.08. The third-order valence-electron chi connectivity index (χ3n) is 3.41. The van der Waals surface area contributed by atoms with Crippen molar-refractivity contribution in [2.75, 3.05) is 5.73 Å². The quantitative estimate of drug-likeness (QED) is 0.725. The number of nitrogen functional groups attached to an aromatic ring is 1. The zero-order chi connectivity index (χ0) is 15.0. The van der Waals surface area contributed by atoms with Gasteiger partial charge in [0.2, 0.25) is 0 Å². The molecule has 2 aromatic carbocycles. The minimum atomic E-state index is -0.350. The lowest BCUT2D eigenvalue weighted by Gasteiger charge is -2.10. The van der Waals surface area contributed by atoms with Gasteiger partial charge in [-0.25, -0.2) is 9.37 Å². The van der Waals surface area contributed by atoms with Crippen molar-refractivity contribution in [3.05, 3.63) is 47.2 Å². The Kier molecular flexibility index (Phi) is 3.55. The molecule has 1 aromatic heterocycles. The van der Waals surface area contributed by atoms with Crippen molar-refractivity contribution in [3.8, 4) is 11.4 Å². The second kappa shape index (κ2) is 5.37. The molecule has 21 heavy (non-hydrogen) atoms. The number of nitrogens with zero attached hydrogens (tertiary/aromatic N) is 2. The van der Waals surface area contributed by atoms with Gasteiger partial charge in [-0.2, -0.15) is 0 Å². The Balaban J connectivity index is 2.28. The number of rotatable bonds is 3. The zero-order valence-corrected chi connectivity index (χ0v) is 12.4. The molecule has 0 atom stereocenters. The van der Waals surface area contributed by atoms with Crippen molar-refractivity contribution in [1.29, 1.82) is 0 Å². The molecule has 0 bridgehead atoms. The van der Waals surface area contributed by atoms with Gasteiger partial charge in [0.15, 0.2) is 0 Å². The van der Waals surface area contributed by atoms with Crippen molar-refractivity contribution >= 4 is 28.3 Å². The molecule has 0 aliphatic heterocycles. The lowest BCUT2D eigenvalue weighted by Crippen LogP contribution is -2.02. The molecule has 3 aromatic rings. The summed E-state index contributed by atoms with van der Waals surface area (Å²) in [7, 11) is 0. The number of hydrogen-bond donors (Lipinski definition) is 1. The number of imidazole rings is 1. The van der Waals surface area contributed by atoms with Gasteiger partial charge in [0, 0.05) is 22.8 Å². The summed E-state index contributed by atoms with van der Waals surface area (Å²) in [5.74, 6) is 0.393. The van der Waals surface area contributed by atoms with E-state index in [0.717, 1.165) is 35.4 Å². The Morgan fingerprint density at radius 3 is 2.76 bits per heavy atom. The number of hydrogen-bond acceptors (Lipinski definition) is 2. The van der Waals surface area contributed by atoms with E-state index in [1.807, 2.05) is 18.2 Å². The maximum Gasteiger partial charge on any atom is 0.143 e. The van der Waals surface area contributed by atoms with E-state index in [-0.39, 0.29) is 5.82 Å². The minimum absolute atomic E-state index is 0.350. The van der Waals surface area contributed by atoms with E-state index >= 15 is 0 Å². The molecule has 2 N–H and O–H groups in total. The maximum atomic E-state index is 13.2. The van der Waals surface area contributed by atoms with E-state index in [1.165, 1.54) is 12.1 Å². The molecular formula is C16H15ClFN3. The highest BCUT2D eigenvalue weighted by Crippen LogP contribution is 2.30. The van der Waals surface area contributed by atoms with Gasteiger partial charge in [0.25, 0.3) is 0 Å². The number of nitrogens with two attached hydrogens (primary N) is 1. The average Bonchev–Trinajstić information content (AvgIpc) is 2.78. The summed E-state index contributed by atoms with van der Waals surface area (Å²) in [6.45, 7) is 2.89. The van der Waals surface area contributed by atoms with Crippen LogP contribution in [0.2, 0.25) is 5.02 Å². The fraction of sp³-hybridized carbons (Fsp3) is 0.188. The molecule has 1 heterocycles. The SMILES string of the molecule is CCCn1c(-c2ccc(F)cc2N)nc2ccc(Cl)cc21. The van der Waals surface area contributed by atoms with E-state index in [4.69, 9.17) is 17.3 Å². The summed E-state index contributed by atoms with van der Waals surface area (Å²) in [6.07, 6.45) is 0.950. The Hall–Kier alpha value is -2.07. The van der Waals surface area contributed by atoms with Gasteiger partial charge >= 0.3 is 0 Å². The standard InChI is InChI=1S/C16H15ClFN3/c1-2-7-21-15-8-10(17)3-6-14(15)20-16(21)12-5-4-11(18)9-13(12)19/h3-6,8-9H,2,7,19H2,1H3. The third-order valence-corrected chi connectivity index (χ3v) is 3.65. The third kappa shape index (κ3) is 2.47. The van der Waals surface area contributed by atoms with Crippen LogP contribution in [0.25, 0.3) is 22.4 Å². The first-order valence-electron chi connectivity index (χ1n) is 6.81. The van der Waals surface area contributed by atoms with E-state index in [0.29, 0.717) is 10.7 Å². The van der Waals surface area contributed by atoms with Crippen LogP contribution >= 0.6 is 11.6 Å². The molecule has 0 radical (unpaired) electrons. The van der Waals surface area contributed by atoms with Crippen molar-refractivity contribution < 1.29 is 4.39 Å². The maximum absolute atomic E-state index is 13.2. The van der Waals surface area contributed by atoms with E-state index in [1.54, 1.807) is 6.07 Å². The van der Waals surface area contributed by atoms with E-state index in [9.17, 15) is 4.39 Å². The second-order valence-corrected chi connectivity index (χ2v) is 5.39. The van der Waals surface area contributed by atoms with Crippen LogP contribution in [0.3, 0.4) is 0 Å². The smallest absolute Gasteiger partial charge is 0.143 e. The molecule has 0 saturated heterocycles. The molecule has 0 aliphatic rings. The van der Waals surface area contributed by atoms with Gasteiger partial charge in [0.05, 0.1) is 11.0 Å². The summed E-state index contributed by atoms with van der Waals surface area (Å²) < 4.78 is 15.3. The largest absolute Gasteiger partial charge is 0.398 e. The van der Waals surface area contributed by atoms with Crippen LogP contribution in [0.4, 0.5) is 10.1 Å². The molecule has 0 fully saturated rings. The Labute approximate surface area is 127 Å². The molecule has 3 nitrogen and oxygen atoms in total. The van der Waals surface area contributed by atoms with Crippen molar-refractivity contribution in [2.24, 2.45) is 0 Å². The number of aryl methyl sites for hydroxylation is 1. The number of fused-ring (bicyclic) bond motifs is 1. The Bertz CT molecular complexity index is 811. The van der Waals surface area contributed by atoms with E-state index < -0.39 is 0 Å². The van der Waals surface area contributed by atoms with Crippen LogP contribution in [-0.4, -0.2) is 9.55 Å². The molecule has 0 spiro atoms. The molecular weight excluding hydrogens is 289 g/mol. The second-order valence-electron chi connectivity index (χ2n) is 4.95. The lowest BCUT2D eigenvalue weighted by molar-refractivity contribution is 0.628. The summed E-state index contributed by atoms with van der Waals surface area (Å²) in [5.41, 5.74) is 8.88.